The monoisotopic (exact) mass is 239 g/mol. The highest BCUT2D eigenvalue weighted by Crippen LogP contribution is 2.29. The molecule has 0 saturated heterocycles. The number of rotatable bonds is 2. The van der Waals surface area contributed by atoms with E-state index >= 15 is 0 Å². The standard InChI is InChI=1S/C7H7Cl2NO2S/c8-7(9)5-3-1-2-4-6(5)13(10,11)12/h1-4,7H,(H2,10,11,12). The molecular weight excluding hydrogens is 233 g/mol. The van der Waals surface area contributed by atoms with Crippen molar-refractivity contribution in [3.63, 3.8) is 0 Å². The number of sulfonamides is 1. The molecule has 0 aliphatic rings. The molecule has 13 heavy (non-hydrogen) atoms. The molecule has 3 nitrogen and oxygen atoms in total. The van der Waals surface area contributed by atoms with Gasteiger partial charge in [0, 0.05) is 5.56 Å². The first-order valence-corrected chi connectivity index (χ1v) is 5.74. The summed E-state index contributed by atoms with van der Waals surface area (Å²) in [6, 6.07) is 6.08. The Bertz CT molecular complexity index is 403. The first-order chi connectivity index (χ1) is 5.93. The molecule has 0 radical (unpaired) electrons. The maximum Gasteiger partial charge on any atom is 0.238 e. The summed E-state index contributed by atoms with van der Waals surface area (Å²) in [5.74, 6) is 0. The zero-order chi connectivity index (χ0) is 10.1. The Kier molecular flexibility index (Phi) is 3.18. The predicted octanol–water partition coefficient (Wildman–Crippen LogP) is 1.81. The second kappa shape index (κ2) is 3.84. The van der Waals surface area contributed by atoms with E-state index < -0.39 is 14.9 Å². The normalized spacial score (nSPS) is 12.0. The van der Waals surface area contributed by atoms with Gasteiger partial charge in [0.05, 0.1) is 4.90 Å². The molecule has 1 rings (SSSR count). The molecule has 0 heterocycles. The number of nitrogens with two attached hydrogens (primary N) is 1. The second-order valence-electron chi connectivity index (χ2n) is 2.38. The van der Waals surface area contributed by atoms with Gasteiger partial charge in [0.25, 0.3) is 0 Å². The number of primary sulfonamides is 1. The highest BCUT2D eigenvalue weighted by Gasteiger charge is 2.16. The van der Waals surface area contributed by atoms with Gasteiger partial charge in [0.1, 0.15) is 4.84 Å². The molecule has 0 amide bonds. The van der Waals surface area contributed by atoms with E-state index in [1.54, 1.807) is 12.1 Å². The van der Waals surface area contributed by atoms with Crippen molar-refractivity contribution in [3.05, 3.63) is 29.8 Å². The topological polar surface area (TPSA) is 60.2 Å². The van der Waals surface area contributed by atoms with Gasteiger partial charge in [0.2, 0.25) is 10.0 Å². The minimum Gasteiger partial charge on any atom is -0.225 e. The molecule has 0 atom stereocenters. The van der Waals surface area contributed by atoms with Crippen LogP contribution in [0, 0.1) is 0 Å². The van der Waals surface area contributed by atoms with Crippen LogP contribution in [0.15, 0.2) is 29.2 Å². The van der Waals surface area contributed by atoms with Crippen molar-refractivity contribution in [2.75, 3.05) is 0 Å². The molecular formula is C7H7Cl2NO2S. The van der Waals surface area contributed by atoms with Gasteiger partial charge in [-0.2, -0.15) is 0 Å². The van der Waals surface area contributed by atoms with Gasteiger partial charge in [-0.15, -0.1) is 23.2 Å². The number of alkyl halides is 2. The van der Waals surface area contributed by atoms with Gasteiger partial charge in [0.15, 0.2) is 0 Å². The SMILES string of the molecule is NS(=O)(=O)c1ccccc1C(Cl)Cl. The molecule has 0 unspecified atom stereocenters. The Morgan fingerprint density at radius 2 is 1.77 bits per heavy atom. The van der Waals surface area contributed by atoms with Crippen LogP contribution in [0.25, 0.3) is 0 Å². The number of hydrogen-bond donors (Lipinski definition) is 1. The maximum absolute atomic E-state index is 11.0. The van der Waals surface area contributed by atoms with Gasteiger partial charge in [-0.25, -0.2) is 13.6 Å². The summed E-state index contributed by atoms with van der Waals surface area (Å²) < 4.78 is 22.0. The number of benzene rings is 1. The van der Waals surface area contributed by atoms with Crippen molar-refractivity contribution in [1.29, 1.82) is 0 Å². The van der Waals surface area contributed by atoms with Crippen LogP contribution < -0.4 is 5.14 Å². The van der Waals surface area contributed by atoms with Gasteiger partial charge >= 0.3 is 0 Å². The lowest BCUT2D eigenvalue weighted by molar-refractivity contribution is 0.597. The summed E-state index contributed by atoms with van der Waals surface area (Å²) in [6.45, 7) is 0. The Hall–Kier alpha value is -0.290. The average Bonchev–Trinajstić information content (AvgIpc) is 2.03. The van der Waals surface area contributed by atoms with E-state index in [1.807, 2.05) is 0 Å². The zero-order valence-electron chi connectivity index (χ0n) is 6.44. The average molecular weight is 240 g/mol. The number of halogens is 2. The van der Waals surface area contributed by atoms with Gasteiger partial charge < -0.3 is 0 Å². The summed E-state index contributed by atoms with van der Waals surface area (Å²) in [5, 5.41) is 4.95. The molecule has 0 spiro atoms. The molecule has 2 N–H and O–H groups in total. The summed E-state index contributed by atoms with van der Waals surface area (Å²) in [4.78, 5) is -0.931. The van der Waals surface area contributed by atoms with E-state index in [4.69, 9.17) is 28.3 Å². The first-order valence-electron chi connectivity index (χ1n) is 3.33. The van der Waals surface area contributed by atoms with Crippen LogP contribution in [-0.2, 0) is 10.0 Å². The molecule has 6 heteroatoms. The third kappa shape index (κ3) is 2.57. The van der Waals surface area contributed by atoms with Crippen LogP contribution in [-0.4, -0.2) is 8.42 Å². The summed E-state index contributed by atoms with van der Waals surface area (Å²) in [6.07, 6.45) is 0. The third-order valence-corrected chi connectivity index (χ3v) is 2.92. The minimum absolute atomic E-state index is 0.0370. The predicted molar refractivity (Wildman–Crippen MR) is 52.3 cm³/mol. The van der Waals surface area contributed by atoms with E-state index in [1.165, 1.54) is 12.1 Å². The van der Waals surface area contributed by atoms with Crippen molar-refractivity contribution >= 4 is 33.2 Å². The quantitative estimate of drug-likeness (QED) is 0.801. The van der Waals surface area contributed by atoms with E-state index in [9.17, 15) is 8.42 Å². The van der Waals surface area contributed by atoms with Gasteiger partial charge in [-0.3, -0.25) is 0 Å². The lowest BCUT2D eigenvalue weighted by Gasteiger charge is -2.06. The fourth-order valence-corrected chi connectivity index (χ4v) is 2.21. The Morgan fingerprint density at radius 3 is 2.15 bits per heavy atom. The van der Waals surface area contributed by atoms with Crippen LogP contribution in [0.3, 0.4) is 0 Å². The van der Waals surface area contributed by atoms with Crippen LogP contribution in [0.5, 0.6) is 0 Å². The van der Waals surface area contributed by atoms with E-state index in [0.717, 1.165) is 0 Å². The van der Waals surface area contributed by atoms with Crippen LogP contribution in [0.1, 0.15) is 10.4 Å². The fourth-order valence-electron chi connectivity index (χ4n) is 0.920. The van der Waals surface area contributed by atoms with E-state index in [2.05, 4.69) is 0 Å². The molecule has 72 valence electrons. The van der Waals surface area contributed by atoms with Crippen LogP contribution in [0.2, 0.25) is 0 Å². The Balaban J connectivity index is 3.37. The first kappa shape index (κ1) is 10.8. The maximum atomic E-state index is 11.0. The van der Waals surface area contributed by atoms with Gasteiger partial charge in [-0.1, -0.05) is 18.2 Å². The van der Waals surface area contributed by atoms with Crippen LogP contribution in [0.4, 0.5) is 0 Å². The Morgan fingerprint density at radius 1 is 1.23 bits per heavy atom. The molecule has 0 aliphatic heterocycles. The molecule has 0 saturated carbocycles. The molecule has 0 fully saturated rings. The Labute approximate surface area is 86.5 Å². The molecule has 1 aromatic carbocycles. The molecule has 0 aromatic heterocycles. The zero-order valence-corrected chi connectivity index (χ0v) is 8.77. The van der Waals surface area contributed by atoms with Gasteiger partial charge in [-0.05, 0) is 6.07 Å². The van der Waals surface area contributed by atoms with Crippen molar-refractivity contribution in [2.24, 2.45) is 5.14 Å². The van der Waals surface area contributed by atoms with Crippen molar-refractivity contribution in [2.45, 2.75) is 9.73 Å². The highest BCUT2D eigenvalue weighted by molar-refractivity contribution is 7.89. The van der Waals surface area contributed by atoms with Crippen molar-refractivity contribution < 1.29 is 8.42 Å². The molecule has 0 aliphatic carbocycles. The van der Waals surface area contributed by atoms with E-state index in [0.29, 0.717) is 5.56 Å². The largest absolute Gasteiger partial charge is 0.238 e. The summed E-state index contributed by atoms with van der Waals surface area (Å²) >= 11 is 11.1. The summed E-state index contributed by atoms with van der Waals surface area (Å²) in [7, 11) is -3.75. The highest BCUT2D eigenvalue weighted by atomic mass is 35.5. The fraction of sp³-hybridized carbons (Fsp3) is 0.143. The van der Waals surface area contributed by atoms with Crippen molar-refractivity contribution in [3.8, 4) is 0 Å². The third-order valence-electron chi connectivity index (χ3n) is 1.46. The summed E-state index contributed by atoms with van der Waals surface area (Å²) in [5.41, 5.74) is 0.299. The molecule has 0 bridgehead atoms. The lowest BCUT2D eigenvalue weighted by atomic mass is 10.2. The van der Waals surface area contributed by atoms with E-state index in [-0.39, 0.29) is 4.90 Å². The molecule has 1 aromatic rings. The minimum atomic E-state index is -3.75. The number of hydrogen-bond acceptors (Lipinski definition) is 2. The van der Waals surface area contributed by atoms with Crippen molar-refractivity contribution in [1.82, 2.24) is 0 Å². The lowest BCUT2D eigenvalue weighted by Crippen LogP contribution is -2.14. The smallest absolute Gasteiger partial charge is 0.225 e. The second-order valence-corrected chi connectivity index (χ2v) is 5.01. The van der Waals surface area contributed by atoms with Crippen LogP contribution >= 0.6 is 23.2 Å².